The molecule has 1 aliphatic heterocycles. The Morgan fingerprint density at radius 2 is 1.96 bits per heavy atom. The quantitative estimate of drug-likeness (QED) is 0.920. The number of piperidine rings is 1. The summed E-state index contributed by atoms with van der Waals surface area (Å²) in [5.41, 5.74) is 1.30. The smallest absolute Gasteiger partial charge is 0.293 e. The first-order valence-electron chi connectivity index (χ1n) is 8.23. The molecule has 7 heteroatoms. The van der Waals surface area contributed by atoms with Crippen LogP contribution >= 0.6 is 0 Å². The number of rotatable bonds is 3. The van der Waals surface area contributed by atoms with Gasteiger partial charge in [0.2, 0.25) is 11.7 Å². The van der Waals surface area contributed by atoms with Gasteiger partial charge in [0.05, 0.1) is 11.4 Å². The molecule has 1 fully saturated rings. The third-order valence-electron chi connectivity index (χ3n) is 4.06. The van der Waals surface area contributed by atoms with Crippen molar-refractivity contribution < 1.29 is 9.59 Å². The summed E-state index contributed by atoms with van der Waals surface area (Å²) in [6, 6.07) is 7.39. The molecule has 1 unspecified atom stereocenters. The molecule has 24 heavy (non-hydrogen) atoms. The molecule has 1 saturated heterocycles. The number of para-hydroxylation sites is 1. The van der Waals surface area contributed by atoms with E-state index in [0.29, 0.717) is 24.1 Å². The molecule has 0 aliphatic carbocycles. The third-order valence-corrected chi connectivity index (χ3v) is 4.06. The summed E-state index contributed by atoms with van der Waals surface area (Å²) in [6.07, 6.45) is 1.59. The molecular formula is C17H21N5O2. The SMILES string of the molecule is CC(C)NC(=O)C1CCCN(C(=O)c2nnc3ccccc3n2)C1. The Bertz CT molecular complexity index is 761. The molecule has 1 aromatic heterocycles. The van der Waals surface area contributed by atoms with Gasteiger partial charge in [-0.1, -0.05) is 12.1 Å². The van der Waals surface area contributed by atoms with Crippen molar-refractivity contribution in [2.24, 2.45) is 5.92 Å². The Labute approximate surface area is 140 Å². The van der Waals surface area contributed by atoms with Gasteiger partial charge in [-0.2, -0.15) is 0 Å². The lowest BCUT2D eigenvalue weighted by Crippen LogP contribution is -2.47. The number of hydrogen-bond acceptors (Lipinski definition) is 5. The van der Waals surface area contributed by atoms with Crippen LogP contribution in [0.4, 0.5) is 0 Å². The lowest BCUT2D eigenvalue weighted by Gasteiger charge is -2.31. The number of nitrogens with zero attached hydrogens (tertiary/aromatic N) is 4. The number of hydrogen-bond donors (Lipinski definition) is 1. The Hall–Kier alpha value is -2.57. The van der Waals surface area contributed by atoms with Crippen LogP contribution in [-0.2, 0) is 4.79 Å². The molecule has 1 aromatic carbocycles. The average molecular weight is 327 g/mol. The standard InChI is InChI=1S/C17H21N5O2/c1-11(2)18-16(23)12-6-5-9-22(10-12)17(24)15-19-13-7-3-4-8-14(13)20-21-15/h3-4,7-8,11-12H,5-6,9-10H2,1-2H3,(H,18,23). The molecule has 126 valence electrons. The van der Waals surface area contributed by atoms with E-state index in [4.69, 9.17) is 0 Å². The zero-order valence-electron chi connectivity index (χ0n) is 13.9. The maximum absolute atomic E-state index is 12.7. The van der Waals surface area contributed by atoms with E-state index in [9.17, 15) is 9.59 Å². The second-order valence-electron chi connectivity index (χ2n) is 6.38. The number of fused-ring (bicyclic) bond motifs is 1. The summed E-state index contributed by atoms with van der Waals surface area (Å²) in [4.78, 5) is 30.8. The Kier molecular flexibility index (Phi) is 4.69. The van der Waals surface area contributed by atoms with Crippen LogP contribution in [0.15, 0.2) is 24.3 Å². The molecule has 1 N–H and O–H groups in total. The van der Waals surface area contributed by atoms with Gasteiger partial charge in [-0.15, -0.1) is 10.2 Å². The van der Waals surface area contributed by atoms with Crippen LogP contribution in [0.3, 0.4) is 0 Å². The van der Waals surface area contributed by atoms with Crippen molar-refractivity contribution in [3.8, 4) is 0 Å². The van der Waals surface area contributed by atoms with Crippen molar-refractivity contribution in [3.63, 3.8) is 0 Å². The van der Waals surface area contributed by atoms with Crippen LogP contribution < -0.4 is 5.32 Å². The van der Waals surface area contributed by atoms with Crippen LogP contribution in [0.2, 0.25) is 0 Å². The third kappa shape index (κ3) is 3.50. The molecule has 2 heterocycles. The first-order chi connectivity index (χ1) is 11.5. The Balaban J connectivity index is 1.74. The van der Waals surface area contributed by atoms with Gasteiger partial charge in [-0.05, 0) is 38.8 Å². The molecule has 0 spiro atoms. The minimum absolute atomic E-state index is 0.0000508. The molecule has 7 nitrogen and oxygen atoms in total. The first kappa shape index (κ1) is 16.3. The summed E-state index contributed by atoms with van der Waals surface area (Å²) in [7, 11) is 0. The van der Waals surface area contributed by atoms with Gasteiger partial charge >= 0.3 is 0 Å². The Morgan fingerprint density at radius 1 is 1.21 bits per heavy atom. The molecule has 0 bridgehead atoms. The molecule has 2 aromatic rings. The second kappa shape index (κ2) is 6.90. The predicted molar refractivity (Wildman–Crippen MR) is 89.2 cm³/mol. The normalized spacial score (nSPS) is 18.0. The fourth-order valence-corrected chi connectivity index (χ4v) is 2.89. The highest BCUT2D eigenvalue weighted by Crippen LogP contribution is 2.18. The van der Waals surface area contributed by atoms with Crippen LogP contribution in [0.25, 0.3) is 11.0 Å². The topological polar surface area (TPSA) is 88.1 Å². The van der Waals surface area contributed by atoms with Crippen LogP contribution in [-0.4, -0.2) is 51.0 Å². The molecule has 2 amide bonds. The molecule has 0 saturated carbocycles. The molecule has 3 rings (SSSR count). The van der Waals surface area contributed by atoms with Crippen molar-refractivity contribution in [3.05, 3.63) is 30.1 Å². The van der Waals surface area contributed by atoms with Gasteiger partial charge in [0.25, 0.3) is 5.91 Å². The van der Waals surface area contributed by atoms with Gasteiger partial charge in [0.1, 0.15) is 5.52 Å². The van der Waals surface area contributed by atoms with Crippen molar-refractivity contribution in [1.82, 2.24) is 25.4 Å². The van der Waals surface area contributed by atoms with E-state index < -0.39 is 0 Å². The number of aromatic nitrogens is 3. The minimum atomic E-state index is -0.268. The summed E-state index contributed by atoms with van der Waals surface area (Å²) < 4.78 is 0. The van der Waals surface area contributed by atoms with Gasteiger partial charge in [0.15, 0.2) is 0 Å². The van der Waals surface area contributed by atoms with E-state index in [1.165, 1.54) is 0 Å². The summed E-state index contributed by atoms with van der Waals surface area (Å²) in [6.45, 7) is 4.87. The average Bonchev–Trinajstić information content (AvgIpc) is 2.60. The molecule has 0 radical (unpaired) electrons. The summed E-state index contributed by atoms with van der Waals surface area (Å²) in [5, 5.41) is 10.9. The van der Waals surface area contributed by atoms with Crippen LogP contribution in [0.1, 0.15) is 37.3 Å². The Morgan fingerprint density at radius 3 is 2.71 bits per heavy atom. The highest BCUT2D eigenvalue weighted by Gasteiger charge is 2.30. The van der Waals surface area contributed by atoms with E-state index in [0.717, 1.165) is 12.8 Å². The largest absolute Gasteiger partial charge is 0.354 e. The second-order valence-corrected chi connectivity index (χ2v) is 6.38. The van der Waals surface area contributed by atoms with Gasteiger partial charge in [-0.3, -0.25) is 9.59 Å². The zero-order chi connectivity index (χ0) is 17.1. The predicted octanol–water partition coefficient (Wildman–Crippen LogP) is 1.40. The number of nitrogens with one attached hydrogen (secondary N) is 1. The molecule has 1 aliphatic rings. The number of carbonyl (C=O) groups excluding carboxylic acids is 2. The van der Waals surface area contributed by atoms with Gasteiger partial charge in [0, 0.05) is 19.1 Å². The van der Waals surface area contributed by atoms with E-state index in [1.54, 1.807) is 17.0 Å². The lowest BCUT2D eigenvalue weighted by molar-refractivity contribution is -0.126. The lowest BCUT2D eigenvalue weighted by atomic mass is 9.96. The summed E-state index contributed by atoms with van der Waals surface area (Å²) >= 11 is 0. The first-order valence-corrected chi connectivity index (χ1v) is 8.23. The van der Waals surface area contributed by atoms with E-state index in [-0.39, 0.29) is 29.6 Å². The van der Waals surface area contributed by atoms with Gasteiger partial charge < -0.3 is 10.2 Å². The van der Waals surface area contributed by atoms with Crippen LogP contribution in [0, 0.1) is 5.92 Å². The fraction of sp³-hybridized carbons (Fsp3) is 0.471. The molecular weight excluding hydrogens is 306 g/mol. The highest BCUT2D eigenvalue weighted by molar-refractivity contribution is 5.92. The van der Waals surface area contributed by atoms with E-state index in [2.05, 4.69) is 20.5 Å². The van der Waals surface area contributed by atoms with E-state index in [1.807, 2.05) is 26.0 Å². The summed E-state index contributed by atoms with van der Waals surface area (Å²) in [5.74, 6) is -0.368. The highest BCUT2D eigenvalue weighted by atomic mass is 16.2. The maximum atomic E-state index is 12.7. The number of amides is 2. The van der Waals surface area contributed by atoms with E-state index >= 15 is 0 Å². The number of likely N-dealkylation sites (tertiary alicyclic amines) is 1. The fourth-order valence-electron chi connectivity index (χ4n) is 2.89. The number of carbonyl (C=O) groups is 2. The monoisotopic (exact) mass is 327 g/mol. The van der Waals surface area contributed by atoms with Crippen LogP contribution in [0.5, 0.6) is 0 Å². The zero-order valence-corrected chi connectivity index (χ0v) is 13.9. The van der Waals surface area contributed by atoms with Crippen molar-refractivity contribution in [2.45, 2.75) is 32.7 Å². The maximum Gasteiger partial charge on any atom is 0.293 e. The number of benzene rings is 1. The van der Waals surface area contributed by atoms with Crippen molar-refractivity contribution in [2.75, 3.05) is 13.1 Å². The van der Waals surface area contributed by atoms with Crippen molar-refractivity contribution >= 4 is 22.8 Å². The molecule has 1 atom stereocenters. The minimum Gasteiger partial charge on any atom is -0.354 e. The van der Waals surface area contributed by atoms with Gasteiger partial charge in [-0.25, -0.2) is 4.98 Å². The van der Waals surface area contributed by atoms with Crippen molar-refractivity contribution in [1.29, 1.82) is 0 Å².